The Morgan fingerprint density at radius 3 is 2.47 bits per heavy atom. The Kier molecular flexibility index (Phi) is 7.13. The summed E-state index contributed by atoms with van der Waals surface area (Å²) in [5.74, 6) is -0.0129. The molecule has 2 aromatic rings. The number of aryl methyl sites for hydroxylation is 1. The highest BCUT2D eigenvalue weighted by Gasteiger charge is 2.60. The number of nitrogens with zero attached hydrogens (tertiary/aromatic N) is 1. The average Bonchev–Trinajstić information content (AvgIpc) is 3.78. The van der Waals surface area contributed by atoms with Gasteiger partial charge in [0.2, 0.25) is 10.0 Å². The molecule has 2 atom stereocenters. The smallest absolute Gasteiger partial charge is 0.229 e. The summed E-state index contributed by atoms with van der Waals surface area (Å²) >= 11 is 0. The molecule has 0 bridgehead atoms. The predicted molar refractivity (Wildman–Crippen MR) is 144 cm³/mol. The van der Waals surface area contributed by atoms with Gasteiger partial charge in [-0.3, -0.25) is 9.62 Å². The summed E-state index contributed by atoms with van der Waals surface area (Å²) < 4.78 is 66.2. The Hall–Kier alpha value is -2.75. The minimum Gasteiger partial charge on any atom is -0.493 e. The first-order valence-corrected chi connectivity index (χ1v) is 14.8. The number of ether oxygens (including phenoxy) is 2. The molecular weight excluding hydrogens is 510 g/mol. The molecular formula is C29H34F2N2O4S. The van der Waals surface area contributed by atoms with Crippen LogP contribution in [-0.4, -0.2) is 52.5 Å². The van der Waals surface area contributed by atoms with Gasteiger partial charge in [0.1, 0.15) is 17.4 Å². The van der Waals surface area contributed by atoms with E-state index in [-0.39, 0.29) is 28.7 Å². The van der Waals surface area contributed by atoms with Crippen molar-refractivity contribution in [1.29, 1.82) is 0 Å². The quantitative estimate of drug-likeness (QED) is 0.457. The first-order valence-electron chi connectivity index (χ1n) is 12.9. The molecule has 38 heavy (non-hydrogen) atoms. The molecule has 0 aromatic heterocycles. The average molecular weight is 545 g/mol. The van der Waals surface area contributed by atoms with E-state index in [1.807, 2.05) is 18.2 Å². The fourth-order valence-electron chi connectivity index (χ4n) is 5.65. The summed E-state index contributed by atoms with van der Waals surface area (Å²) in [5.41, 5.74) is 3.43. The van der Waals surface area contributed by atoms with E-state index in [9.17, 15) is 17.2 Å². The second-order valence-electron chi connectivity index (χ2n) is 10.7. The molecule has 1 saturated carbocycles. The lowest BCUT2D eigenvalue weighted by molar-refractivity contribution is 0.0511. The number of rotatable bonds is 10. The van der Waals surface area contributed by atoms with Crippen molar-refractivity contribution in [1.82, 2.24) is 9.62 Å². The number of methoxy groups -OCH3 is 1. The SMILES string of the molecule is C=C(NS(C)(=O)=O)c1cc(C2=CC2)c(OCC2CCN(C3(c4ccc(F)c(C)c4)CC3OC)CC2)cc1F. The standard InChI is InChI=1S/C29H34F2N2O4S/c1-18-13-22(7-8-25(18)30)29(16-28(29)36-3)33-11-9-20(10-12-33)17-37-27-15-26(31)23(14-24(27)21-5-6-21)19(2)32-38(4,34)35/h5,7-8,13-15,20,28,32H,2,6,9-12,16-17H2,1,3-4H3. The number of sulfonamides is 1. The number of piperidine rings is 1. The largest absolute Gasteiger partial charge is 0.493 e. The van der Waals surface area contributed by atoms with Crippen molar-refractivity contribution in [3.8, 4) is 5.75 Å². The van der Waals surface area contributed by atoms with Crippen molar-refractivity contribution in [2.24, 2.45) is 5.92 Å². The Bertz CT molecular complexity index is 1400. The Morgan fingerprint density at radius 2 is 1.89 bits per heavy atom. The Morgan fingerprint density at radius 1 is 1.18 bits per heavy atom. The summed E-state index contributed by atoms with van der Waals surface area (Å²) in [6.45, 7) is 7.68. The van der Waals surface area contributed by atoms with Crippen LogP contribution in [0.2, 0.25) is 0 Å². The first kappa shape index (κ1) is 26.8. The fraction of sp³-hybridized carbons (Fsp3) is 0.448. The predicted octanol–water partition coefficient (Wildman–Crippen LogP) is 4.99. The molecule has 0 amide bonds. The molecule has 0 spiro atoms. The lowest BCUT2D eigenvalue weighted by atomic mass is 9.92. The van der Waals surface area contributed by atoms with E-state index in [4.69, 9.17) is 9.47 Å². The molecule has 1 aliphatic heterocycles. The highest BCUT2D eigenvalue weighted by molar-refractivity contribution is 7.89. The molecule has 2 aliphatic carbocycles. The lowest BCUT2D eigenvalue weighted by Crippen LogP contribution is -2.44. The molecule has 1 N–H and O–H groups in total. The number of hydrogen-bond donors (Lipinski definition) is 1. The molecule has 0 radical (unpaired) electrons. The van der Waals surface area contributed by atoms with Gasteiger partial charge >= 0.3 is 0 Å². The van der Waals surface area contributed by atoms with Crippen molar-refractivity contribution in [3.63, 3.8) is 0 Å². The fourth-order valence-corrected chi connectivity index (χ4v) is 6.21. The van der Waals surface area contributed by atoms with Crippen molar-refractivity contribution in [3.05, 3.63) is 76.9 Å². The van der Waals surface area contributed by atoms with Crippen molar-refractivity contribution >= 4 is 21.3 Å². The van der Waals surface area contributed by atoms with E-state index in [0.717, 1.165) is 61.7 Å². The third-order valence-electron chi connectivity index (χ3n) is 7.92. The monoisotopic (exact) mass is 544 g/mol. The maximum absolute atomic E-state index is 14.9. The van der Waals surface area contributed by atoms with Crippen molar-refractivity contribution < 1.29 is 26.7 Å². The second kappa shape index (κ2) is 10.1. The molecule has 2 fully saturated rings. The minimum atomic E-state index is -3.57. The highest BCUT2D eigenvalue weighted by atomic mass is 32.2. The zero-order chi connectivity index (χ0) is 27.2. The third-order valence-corrected chi connectivity index (χ3v) is 8.54. The molecule has 5 rings (SSSR count). The normalized spacial score (nSPS) is 23.6. The highest BCUT2D eigenvalue weighted by Crippen LogP contribution is 2.54. The number of halogens is 2. The van der Waals surface area contributed by atoms with Gasteiger partial charge in [-0.1, -0.05) is 24.8 Å². The van der Waals surface area contributed by atoms with Crippen LogP contribution < -0.4 is 9.46 Å². The summed E-state index contributed by atoms with van der Waals surface area (Å²) in [4.78, 5) is 2.46. The number of likely N-dealkylation sites (tertiary alicyclic amines) is 1. The zero-order valence-corrected chi connectivity index (χ0v) is 22.8. The van der Waals surface area contributed by atoms with Gasteiger partial charge in [-0.15, -0.1) is 0 Å². The maximum atomic E-state index is 14.9. The molecule has 6 nitrogen and oxygen atoms in total. The van der Waals surface area contributed by atoms with Gasteiger partial charge in [0.05, 0.1) is 30.2 Å². The van der Waals surface area contributed by atoms with E-state index in [2.05, 4.69) is 16.2 Å². The van der Waals surface area contributed by atoms with Crippen LogP contribution in [0.5, 0.6) is 5.75 Å². The Balaban J connectivity index is 1.25. The van der Waals surface area contributed by atoms with Crippen LogP contribution in [0.15, 0.2) is 43.0 Å². The van der Waals surface area contributed by atoms with Crippen LogP contribution in [-0.2, 0) is 20.3 Å². The molecule has 9 heteroatoms. The van der Waals surface area contributed by atoms with Crippen LogP contribution >= 0.6 is 0 Å². The molecule has 2 aromatic carbocycles. The van der Waals surface area contributed by atoms with Gasteiger partial charge in [-0.05, 0) is 74.0 Å². The van der Waals surface area contributed by atoms with Gasteiger partial charge in [-0.2, -0.15) is 0 Å². The van der Waals surface area contributed by atoms with Crippen LogP contribution in [0.25, 0.3) is 11.3 Å². The van der Waals surface area contributed by atoms with Gasteiger partial charge in [0, 0.05) is 30.7 Å². The lowest BCUT2D eigenvalue weighted by Gasteiger charge is -2.39. The van der Waals surface area contributed by atoms with Crippen LogP contribution in [0.4, 0.5) is 8.78 Å². The molecule has 2 unspecified atom stereocenters. The number of nitrogens with one attached hydrogen (secondary N) is 1. The van der Waals surface area contributed by atoms with Crippen LogP contribution in [0.1, 0.15) is 47.9 Å². The van der Waals surface area contributed by atoms with Crippen LogP contribution in [0, 0.1) is 24.5 Å². The summed E-state index contributed by atoms with van der Waals surface area (Å²) in [6.07, 6.45) is 6.63. The van der Waals surface area contributed by atoms with Crippen molar-refractivity contribution in [2.75, 3.05) is 33.1 Å². The third kappa shape index (κ3) is 5.37. The summed E-state index contributed by atoms with van der Waals surface area (Å²) in [5, 5.41) is 0. The zero-order valence-electron chi connectivity index (χ0n) is 22.0. The van der Waals surface area contributed by atoms with Crippen molar-refractivity contribution in [2.45, 2.75) is 44.2 Å². The molecule has 1 saturated heterocycles. The molecule has 1 heterocycles. The van der Waals surface area contributed by atoms with Gasteiger partial charge < -0.3 is 9.47 Å². The summed E-state index contributed by atoms with van der Waals surface area (Å²) in [7, 11) is -1.84. The Labute approximate surface area is 223 Å². The van der Waals surface area contributed by atoms with E-state index in [1.54, 1.807) is 26.2 Å². The number of allylic oxidation sites excluding steroid dienone is 2. The van der Waals surface area contributed by atoms with Crippen LogP contribution in [0.3, 0.4) is 0 Å². The number of benzene rings is 2. The van der Waals surface area contributed by atoms with E-state index in [1.165, 1.54) is 6.07 Å². The topological polar surface area (TPSA) is 67.9 Å². The minimum absolute atomic E-state index is 0.00821. The van der Waals surface area contributed by atoms with Gasteiger partial charge in [0.15, 0.2) is 0 Å². The molecule has 3 aliphatic rings. The van der Waals surface area contributed by atoms with Gasteiger partial charge in [-0.25, -0.2) is 17.2 Å². The van der Waals surface area contributed by atoms with E-state index in [0.29, 0.717) is 23.8 Å². The van der Waals surface area contributed by atoms with E-state index >= 15 is 0 Å². The molecule has 204 valence electrons. The first-order chi connectivity index (χ1) is 18.0. The maximum Gasteiger partial charge on any atom is 0.229 e. The number of hydrogen-bond acceptors (Lipinski definition) is 5. The summed E-state index contributed by atoms with van der Waals surface area (Å²) in [6, 6.07) is 8.30. The van der Waals surface area contributed by atoms with E-state index < -0.39 is 15.8 Å². The second-order valence-corrected chi connectivity index (χ2v) is 12.4. The van der Waals surface area contributed by atoms with Gasteiger partial charge in [0.25, 0.3) is 0 Å².